The van der Waals surface area contributed by atoms with Gasteiger partial charge in [-0.2, -0.15) is 9.61 Å². The van der Waals surface area contributed by atoms with Crippen molar-refractivity contribution in [2.45, 2.75) is 91.1 Å². The summed E-state index contributed by atoms with van der Waals surface area (Å²) in [5.74, 6) is -0.323. The van der Waals surface area contributed by atoms with Gasteiger partial charge in [-0.05, 0) is 72.9 Å². The van der Waals surface area contributed by atoms with Gasteiger partial charge in [0, 0.05) is 44.4 Å². The molecule has 246 valence electrons. The maximum atomic E-state index is 13.4. The molecule has 1 unspecified atom stereocenters. The molecule has 2 aromatic heterocycles. The maximum absolute atomic E-state index is 13.4. The van der Waals surface area contributed by atoms with Gasteiger partial charge in [0.2, 0.25) is 0 Å². The van der Waals surface area contributed by atoms with E-state index in [1.807, 2.05) is 34.6 Å². The number of aryl methyl sites for hydroxylation is 1. The van der Waals surface area contributed by atoms with E-state index in [4.69, 9.17) is 19.2 Å². The number of rotatable bonds is 12. The first kappa shape index (κ1) is 34.1. The summed E-state index contributed by atoms with van der Waals surface area (Å²) in [5.41, 5.74) is 1.25. The summed E-state index contributed by atoms with van der Waals surface area (Å²) in [6.45, 7) is 15.3. The predicted molar refractivity (Wildman–Crippen MR) is 170 cm³/mol. The van der Waals surface area contributed by atoms with Crippen molar-refractivity contribution in [1.82, 2.24) is 19.9 Å². The smallest absolute Gasteiger partial charge is 0.340 e. The molecule has 3 aromatic rings. The van der Waals surface area contributed by atoms with Crippen LogP contribution in [-0.2, 0) is 25.4 Å². The van der Waals surface area contributed by atoms with Gasteiger partial charge in [0.25, 0.3) is 5.91 Å². The van der Waals surface area contributed by atoms with Crippen molar-refractivity contribution < 1.29 is 34.0 Å². The molecule has 12 nitrogen and oxygen atoms in total. The summed E-state index contributed by atoms with van der Waals surface area (Å²) in [6.07, 6.45) is -0.337. The summed E-state index contributed by atoms with van der Waals surface area (Å²) in [6, 6.07) is 8.34. The van der Waals surface area contributed by atoms with E-state index >= 15 is 0 Å². The van der Waals surface area contributed by atoms with Crippen LogP contribution in [-0.4, -0.2) is 86.8 Å². The molecule has 4 rings (SSSR count). The van der Waals surface area contributed by atoms with E-state index in [1.54, 1.807) is 41.8 Å². The highest BCUT2D eigenvalue weighted by molar-refractivity contribution is 5.93. The van der Waals surface area contributed by atoms with Crippen LogP contribution in [0.2, 0.25) is 0 Å². The molecule has 1 amide bonds. The number of amides is 1. The van der Waals surface area contributed by atoms with E-state index in [0.717, 1.165) is 12.8 Å². The van der Waals surface area contributed by atoms with Gasteiger partial charge in [-0.3, -0.25) is 4.79 Å². The average molecular weight is 626 g/mol. The van der Waals surface area contributed by atoms with Crippen molar-refractivity contribution in [3.63, 3.8) is 0 Å². The number of phenolic OH excluding ortho intramolecular Hbond substituents is 1. The van der Waals surface area contributed by atoms with Crippen LogP contribution in [0.15, 0.2) is 30.3 Å². The molecule has 1 saturated heterocycles. The molecule has 1 aliphatic rings. The van der Waals surface area contributed by atoms with Crippen LogP contribution in [0, 0.1) is 6.92 Å². The van der Waals surface area contributed by atoms with Crippen LogP contribution in [0.1, 0.15) is 87.8 Å². The van der Waals surface area contributed by atoms with E-state index in [1.165, 1.54) is 0 Å². The lowest BCUT2D eigenvalue weighted by molar-refractivity contribution is -0.166. The monoisotopic (exact) mass is 625 g/mol. The minimum absolute atomic E-state index is 0.0436. The number of nitrogens with zero attached hydrogens (tertiary/aromatic N) is 4. The van der Waals surface area contributed by atoms with Crippen LogP contribution in [0.3, 0.4) is 0 Å². The number of piperidine rings is 1. The Kier molecular flexibility index (Phi) is 10.7. The molecule has 1 fully saturated rings. The number of hydrogen-bond acceptors (Lipinski definition) is 10. The first-order valence-corrected chi connectivity index (χ1v) is 15.6. The number of fused-ring (bicyclic) bond motifs is 1. The van der Waals surface area contributed by atoms with Crippen molar-refractivity contribution in [1.29, 1.82) is 0 Å². The fourth-order valence-corrected chi connectivity index (χ4v) is 5.63. The largest absolute Gasteiger partial charge is 0.508 e. The summed E-state index contributed by atoms with van der Waals surface area (Å²) in [5, 5.41) is 28.0. The molecule has 12 heteroatoms. The summed E-state index contributed by atoms with van der Waals surface area (Å²) in [4.78, 5) is 33.6. The van der Waals surface area contributed by atoms with Crippen molar-refractivity contribution in [3.05, 3.63) is 52.8 Å². The zero-order chi connectivity index (χ0) is 32.9. The first-order chi connectivity index (χ1) is 21.2. The molecule has 3 heterocycles. The highest BCUT2D eigenvalue weighted by Gasteiger charge is 2.38. The van der Waals surface area contributed by atoms with Gasteiger partial charge in [0.05, 0.1) is 29.5 Å². The van der Waals surface area contributed by atoms with E-state index in [9.17, 15) is 19.8 Å². The SMILES string of the molecule is CCOC(=O)[C@@H](OC(C)(C)C)c1c(C)nc2cc(C(=O)NCC(O)Cc3ccccc3O)nn2c1N1CCC(C)(OCC)CC1. The molecular formula is C33H47N5O7. The Bertz CT molecular complexity index is 1490. The second kappa shape index (κ2) is 14.1. The van der Waals surface area contributed by atoms with Gasteiger partial charge in [-0.25, -0.2) is 9.78 Å². The van der Waals surface area contributed by atoms with E-state index < -0.39 is 29.7 Å². The van der Waals surface area contributed by atoms with Crippen LogP contribution in [0.25, 0.3) is 5.65 Å². The Morgan fingerprint density at radius 2 is 1.82 bits per heavy atom. The van der Waals surface area contributed by atoms with Crippen molar-refractivity contribution in [3.8, 4) is 5.75 Å². The topological polar surface area (TPSA) is 148 Å². The molecule has 0 aliphatic carbocycles. The highest BCUT2D eigenvalue weighted by Crippen LogP contribution is 2.38. The number of aromatic nitrogens is 3. The van der Waals surface area contributed by atoms with Gasteiger partial charge >= 0.3 is 5.97 Å². The number of benzene rings is 1. The minimum atomic E-state index is -1.08. The Labute approximate surface area is 264 Å². The number of nitrogens with one attached hydrogen (secondary N) is 1. The van der Waals surface area contributed by atoms with E-state index in [2.05, 4.69) is 22.2 Å². The van der Waals surface area contributed by atoms with Crippen LogP contribution in [0.5, 0.6) is 5.75 Å². The Balaban J connectivity index is 1.71. The molecule has 0 bridgehead atoms. The zero-order valence-corrected chi connectivity index (χ0v) is 27.4. The maximum Gasteiger partial charge on any atom is 0.340 e. The molecule has 2 atom stereocenters. The number of aliphatic hydroxyl groups excluding tert-OH is 1. The number of para-hydroxylation sites is 1. The molecule has 1 aliphatic heterocycles. The molecule has 0 saturated carbocycles. The number of ether oxygens (including phenoxy) is 3. The Morgan fingerprint density at radius 3 is 2.44 bits per heavy atom. The van der Waals surface area contributed by atoms with Gasteiger partial charge < -0.3 is 34.6 Å². The van der Waals surface area contributed by atoms with Gasteiger partial charge in [-0.1, -0.05) is 18.2 Å². The molecule has 1 aromatic carbocycles. The number of anilines is 1. The lowest BCUT2D eigenvalue weighted by Gasteiger charge is -2.41. The van der Waals surface area contributed by atoms with Gasteiger partial charge in [0.15, 0.2) is 17.4 Å². The van der Waals surface area contributed by atoms with Crippen molar-refractivity contribution in [2.24, 2.45) is 0 Å². The molecule has 0 radical (unpaired) electrons. The number of esters is 1. The van der Waals surface area contributed by atoms with Crippen LogP contribution in [0.4, 0.5) is 5.82 Å². The third-order valence-corrected chi connectivity index (χ3v) is 7.83. The summed E-state index contributed by atoms with van der Waals surface area (Å²) < 4.78 is 19.4. The number of aliphatic hydroxyl groups is 1. The molecule has 45 heavy (non-hydrogen) atoms. The number of carbonyl (C=O) groups is 2. The first-order valence-electron chi connectivity index (χ1n) is 15.6. The zero-order valence-electron chi connectivity index (χ0n) is 27.4. The second-order valence-electron chi connectivity index (χ2n) is 12.7. The van der Waals surface area contributed by atoms with Gasteiger partial charge in [-0.15, -0.1) is 0 Å². The summed E-state index contributed by atoms with van der Waals surface area (Å²) >= 11 is 0. The minimum Gasteiger partial charge on any atom is -0.508 e. The van der Waals surface area contributed by atoms with Crippen LogP contribution < -0.4 is 10.2 Å². The number of hydrogen-bond donors (Lipinski definition) is 3. The normalized spacial score (nSPS) is 16.4. The fourth-order valence-electron chi connectivity index (χ4n) is 5.63. The third kappa shape index (κ3) is 8.30. The molecular weight excluding hydrogens is 578 g/mol. The third-order valence-electron chi connectivity index (χ3n) is 7.83. The predicted octanol–water partition coefficient (Wildman–Crippen LogP) is 3.89. The van der Waals surface area contributed by atoms with E-state index in [0.29, 0.717) is 48.0 Å². The van der Waals surface area contributed by atoms with E-state index in [-0.39, 0.29) is 36.6 Å². The quantitative estimate of drug-likeness (QED) is 0.253. The van der Waals surface area contributed by atoms with Crippen molar-refractivity contribution in [2.75, 3.05) is 37.7 Å². The second-order valence-corrected chi connectivity index (χ2v) is 12.7. The summed E-state index contributed by atoms with van der Waals surface area (Å²) in [7, 11) is 0. The number of carbonyl (C=O) groups excluding carboxylic acids is 2. The average Bonchev–Trinajstić information content (AvgIpc) is 3.39. The lowest BCUT2D eigenvalue weighted by atomic mass is 9.92. The highest BCUT2D eigenvalue weighted by atomic mass is 16.6. The Hall–Kier alpha value is -3.74. The van der Waals surface area contributed by atoms with Crippen molar-refractivity contribution >= 4 is 23.3 Å². The van der Waals surface area contributed by atoms with Gasteiger partial charge in [0.1, 0.15) is 11.6 Å². The number of aromatic hydroxyl groups is 1. The molecule has 0 spiro atoms. The Morgan fingerprint density at radius 1 is 1.13 bits per heavy atom. The number of phenols is 1. The lowest BCUT2D eigenvalue weighted by Crippen LogP contribution is -2.45. The fraction of sp³-hybridized carbons (Fsp3) is 0.576. The standard InChI is InChI=1S/C33H47N5O7/c1-8-43-31(42)28(45-32(4,5)6)27-21(3)35-26-19-24(29(41)34-20-23(39)18-22-12-10-11-13-25(22)40)36-38(26)30(27)37-16-14-33(7,15-17-37)44-9-2/h10-13,19,23,28,39-40H,8-9,14-18,20H2,1-7H3,(H,34,41)/t23?,28-/m0/s1. The molecule has 3 N–H and O–H groups in total. The van der Waals surface area contributed by atoms with Crippen LogP contribution >= 0.6 is 0 Å².